The van der Waals surface area contributed by atoms with Crippen LogP contribution in [0, 0.1) is 6.92 Å². The molecule has 2 aliphatic rings. The van der Waals surface area contributed by atoms with E-state index in [0.717, 1.165) is 62.0 Å². The predicted molar refractivity (Wildman–Crippen MR) is 116 cm³/mol. The molecule has 0 radical (unpaired) electrons. The van der Waals surface area contributed by atoms with E-state index in [2.05, 4.69) is 37.6 Å². The molecule has 0 bridgehead atoms. The summed E-state index contributed by atoms with van der Waals surface area (Å²) in [5.74, 6) is 0.932. The maximum atomic E-state index is 12.4. The molecule has 2 saturated heterocycles. The van der Waals surface area contributed by atoms with Gasteiger partial charge in [-0.15, -0.1) is 0 Å². The lowest BCUT2D eigenvalue weighted by atomic mass is 10.1. The Labute approximate surface area is 172 Å². The number of amides is 2. The number of ether oxygens (including phenoxy) is 1. The van der Waals surface area contributed by atoms with Crippen molar-refractivity contribution in [3.8, 4) is 0 Å². The Hall–Kier alpha value is -2.80. The van der Waals surface area contributed by atoms with E-state index in [0.29, 0.717) is 6.54 Å². The minimum Gasteiger partial charge on any atom is -0.378 e. The molecule has 2 aromatic rings. The second kappa shape index (κ2) is 9.13. The van der Waals surface area contributed by atoms with Crippen LogP contribution in [0.4, 0.5) is 22.0 Å². The SMILES string of the molecule is Cc1cc(N2CCCC2)ccc1NC(=O)NCc1ccnc(N2CCOCC2)c1. The molecule has 2 amide bonds. The van der Waals surface area contributed by atoms with Gasteiger partial charge in [0.15, 0.2) is 0 Å². The maximum absolute atomic E-state index is 12.4. The van der Waals surface area contributed by atoms with Gasteiger partial charge in [-0.1, -0.05) is 0 Å². The Morgan fingerprint density at radius 2 is 1.86 bits per heavy atom. The Morgan fingerprint density at radius 3 is 2.62 bits per heavy atom. The molecule has 0 unspecified atom stereocenters. The van der Waals surface area contributed by atoms with Gasteiger partial charge in [0.2, 0.25) is 0 Å². The van der Waals surface area contributed by atoms with Crippen molar-refractivity contribution in [3.05, 3.63) is 47.7 Å². The normalized spacial score (nSPS) is 16.7. The van der Waals surface area contributed by atoms with Crippen LogP contribution in [0.3, 0.4) is 0 Å². The van der Waals surface area contributed by atoms with Gasteiger partial charge < -0.3 is 25.2 Å². The smallest absolute Gasteiger partial charge is 0.319 e. The largest absolute Gasteiger partial charge is 0.378 e. The highest BCUT2D eigenvalue weighted by molar-refractivity contribution is 5.90. The third-order valence-corrected chi connectivity index (χ3v) is 5.53. The zero-order valence-corrected chi connectivity index (χ0v) is 17.0. The molecule has 7 heteroatoms. The van der Waals surface area contributed by atoms with Crippen molar-refractivity contribution >= 4 is 23.2 Å². The van der Waals surface area contributed by atoms with Gasteiger partial charge in [0, 0.05) is 50.3 Å². The summed E-state index contributed by atoms with van der Waals surface area (Å²) < 4.78 is 5.40. The number of benzene rings is 1. The first-order valence-corrected chi connectivity index (χ1v) is 10.4. The highest BCUT2D eigenvalue weighted by atomic mass is 16.5. The lowest BCUT2D eigenvalue weighted by Gasteiger charge is -2.28. The number of aromatic nitrogens is 1. The predicted octanol–water partition coefficient (Wildman–Crippen LogP) is 3.15. The number of hydrogen-bond donors (Lipinski definition) is 2. The van der Waals surface area contributed by atoms with Crippen LogP contribution in [0.1, 0.15) is 24.0 Å². The average Bonchev–Trinajstić information content (AvgIpc) is 3.30. The van der Waals surface area contributed by atoms with E-state index in [1.807, 2.05) is 25.1 Å². The molecule has 0 aliphatic carbocycles. The Bertz CT molecular complexity index is 845. The molecule has 3 heterocycles. The van der Waals surface area contributed by atoms with Crippen LogP contribution in [0.2, 0.25) is 0 Å². The highest BCUT2D eigenvalue weighted by Gasteiger charge is 2.14. The van der Waals surface area contributed by atoms with E-state index in [1.54, 1.807) is 6.20 Å². The number of anilines is 3. The molecule has 29 heavy (non-hydrogen) atoms. The number of nitrogens with one attached hydrogen (secondary N) is 2. The molecule has 1 aromatic heterocycles. The number of carbonyl (C=O) groups is 1. The average molecular weight is 396 g/mol. The Morgan fingerprint density at radius 1 is 1.07 bits per heavy atom. The molecule has 2 aliphatic heterocycles. The van der Waals surface area contributed by atoms with Crippen LogP contribution in [-0.2, 0) is 11.3 Å². The fraction of sp³-hybridized carbons (Fsp3) is 0.455. The molecule has 0 saturated carbocycles. The molecular formula is C22H29N5O2. The number of urea groups is 1. The van der Waals surface area contributed by atoms with Crippen molar-refractivity contribution < 1.29 is 9.53 Å². The van der Waals surface area contributed by atoms with Crippen molar-refractivity contribution in [2.75, 3.05) is 54.5 Å². The molecule has 4 rings (SSSR count). The van der Waals surface area contributed by atoms with Crippen molar-refractivity contribution in [1.82, 2.24) is 10.3 Å². The number of pyridine rings is 1. The fourth-order valence-electron chi connectivity index (χ4n) is 3.84. The van der Waals surface area contributed by atoms with Gasteiger partial charge in [-0.3, -0.25) is 0 Å². The zero-order chi connectivity index (χ0) is 20.1. The van der Waals surface area contributed by atoms with Gasteiger partial charge in [0.05, 0.1) is 13.2 Å². The van der Waals surface area contributed by atoms with Gasteiger partial charge >= 0.3 is 6.03 Å². The first-order valence-electron chi connectivity index (χ1n) is 10.4. The molecule has 154 valence electrons. The first kappa shape index (κ1) is 19.5. The molecule has 0 spiro atoms. The quantitative estimate of drug-likeness (QED) is 0.814. The van der Waals surface area contributed by atoms with E-state index in [4.69, 9.17) is 4.74 Å². The van der Waals surface area contributed by atoms with E-state index < -0.39 is 0 Å². The van der Waals surface area contributed by atoms with Crippen molar-refractivity contribution in [1.29, 1.82) is 0 Å². The second-order valence-corrected chi connectivity index (χ2v) is 7.62. The highest BCUT2D eigenvalue weighted by Crippen LogP contribution is 2.25. The third-order valence-electron chi connectivity index (χ3n) is 5.53. The Balaban J connectivity index is 1.32. The number of hydrogen-bond acceptors (Lipinski definition) is 5. The molecule has 2 N–H and O–H groups in total. The summed E-state index contributed by atoms with van der Waals surface area (Å²) in [7, 11) is 0. The van der Waals surface area contributed by atoms with Gasteiger partial charge in [0.1, 0.15) is 5.82 Å². The van der Waals surface area contributed by atoms with Crippen LogP contribution in [0.5, 0.6) is 0 Å². The van der Waals surface area contributed by atoms with E-state index in [9.17, 15) is 4.79 Å². The number of rotatable bonds is 5. The summed E-state index contributed by atoms with van der Waals surface area (Å²) in [5.41, 5.74) is 4.17. The molecule has 1 aromatic carbocycles. The minimum absolute atomic E-state index is 0.202. The van der Waals surface area contributed by atoms with Crippen LogP contribution in [-0.4, -0.2) is 50.4 Å². The van der Waals surface area contributed by atoms with Gasteiger partial charge in [-0.05, 0) is 61.2 Å². The number of aryl methyl sites for hydroxylation is 1. The van der Waals surface area contributed by atoms with Crippen molar-refractivity contribution in [3.63, 3.8) is 0 Å². The monoisotopic (exact) mass is 395 g/mol. The third kappa shape index (κ3) is 4.98. The van der Waals surface area contributed by atoms with Crippen LogP contribution >= 0.6 is 0 Å². The summed E-state index contributed by atoms with van der Waals surface area (Å²) in [6.45, 7) is 7.86. The number of nitrogens with zero attached hydrogens (tertiary/aromatic N) is 3. The summed E-state index contributed by atoms with van der Waals surface area (Å²) in [6, 6.07) is 9.99. The molecule has 2 fully saturated rings. The number of carbonyl (C=O) groups excluding carboxylic acids is 1. The topological polar surface area (TPSA) is 69.7 Å². The maximum Gasteiger partial charge on any atom is 0.319 e. The molecule has 0 atom stereocenters. The zero-order valence-electron chi connectivity index (χ0n) is 17.0. The van der Waals surface area contributed by atoms with Crippen LogP contribution < -0.4 is 20.4 Å². The van der Waals surface area contributed by atoms with E-state index >= 15 is 0 Å². The van der Waals surface area contributed by atoms with Crippen LogP contribution in [0.15, 0.2) is 36.5 Å². The van der Waals surface area contributed by atoms with Crippen molar-refractivity contribution in [2.45, 2.75) is 26.3 Å². The van der Waals surface area contributed by atoms with Crippen LogP contribution in [0.25, 0.3) is 0 Å². The van der Waals surface area contributed by atoms with E-state index in [-0.39, 0.29) is 6.03 Å². The summed E-state index contributed by atoms with van der Waals surface area (Å²) >= 11 is 0. The summed E-state index contributed by atoms with van der Waals surface area (Å²) in [5, 5.41) is 5.91. The summed E-state index contributed by atoms with van der Waals surface area (Å²) in [4.78, 5) is 21.4. The van der Waals surface area contributed by atoms with E-state index in [1.165, 1.54) is 18.5 Å². The Kier molecular flexibility index (Phi) is 6.14. The van der Waals surface area contributed by atoms with Gasteiger partial charge in [0.25, 0.3) is 0 Å². The van der Waals surface area contributed by atoms with Gasteiger partial charge in [-0.25, -0.2) is 9.78 Å². The lowest BCUT2D eigenvalue weighted by Crippen LogP contribution is -2.36. The second-order valence-electron chi connectivity index (χ2n) is 7.62. The van der Waals surface area contributed by atoms with Crippen molar-refractivity contribution in [2.24, 2.45) is 0 Å². The fourth-order valence-corrected chi connectivity index (χ4v) is 3.84. The minimum atomic E-state index is -0.202. The lowest BCUT2D eigenvalue weighted by molar-refractivity contribution is 0.122. The number of morpholine rings is 1. The van der Waals surface area contributed by atoms with Gasteiger partial charge in [-0.2, -0.15) is 0 Å². The first-order chi connectivity index (χ1) is 14.2. The summed E-state index contributed by atoms with van der Waals surface area (Å²) in [6.07, 6.45) is 4.30. The standard InChI is InChI=1S/C22H29N5O2/c1-17-14-19(26-8-2-3-9-26)4-5-20(17)25-22(28)24-16-18-6-7-23-21(15-18)27-10-12-29-13-11-27/h4-7,14-15H,2-3,8-13,16H2,1H3,(H2,24,25,28). The molecule has 7 nitrogen and oxygen atoms in total. The molecular weight excluding hydrogens is 366 g/mol.